The number of rotatable bonds is 7. The van der Waals surface area contributed by atoms with Gasteiger partial charge in [-0.15, -0.1) is 0 Å². The summed E-state index contributed by atoms with van der Waals surface area (Å²) in [5, 5.41) is 11.1. The highest BCUT2D eigenvalue weighted by Crippen LogP contribution is 2.27. The first-order valence-corrected chi connectivity index (χ1v) is 5.87. The Bertz CT molecular complexity index is 305. The van der Waals surface area contributed by atoms with E-state index in [9.17, 15) is 9.59 Å². The topological polar surface area (TPSA) is 84.9 Å². The summed E-state index contributed by atoms with van der Waals surface area (Å²) in [5.74, 6) is -0.238. The maximum atomic E-state index is 11.1. The van der Waals surface area contributed by atoms with Crippen LogP contribution in [0.15, 0.2) is 12.2 Å². The lowest BCUT2D eigenvalue weighted by Crippen LogP contribution is -2.43. The lowest BCUT2D eigenvalue weighted by Gasteiger charge is -2.30. The normalized spacial score (nSPS) is 26.8. The number of amides is 1. The second-order valence-corrected chi connectivity index (χ2v) is 4.22. The molecule has 18 heavy (non-hydrogen) atoms. The van der Waals surface area contributed by atoms with E-state index < -0.39 is 12.1 Å². The summed E-state index contributed by atoms with van der Waals surface area (Å²) in [6, 6.07) is -0.443. The number of nitrogens with one attached hydrogen (secondary N) is 1. The fourth-order valence-corrected chi connectivity index (χ4v) is 2.15. The molecular formula is C12H19NO5. The maximum absolute atomic E-state index is 11.1. The molecule has 3 unspecified atom stereocenters. The van der Waals surface area contributed by atoms with Crippen LogP contribution in [0.4, 0.5) is 4.79 Å². The van der Waals surface area contributed by atoms with E-state index in [2.05, 4.69) is 5.32 Å². The summed E-state index contributed by atoms with van der Waals surface area (Å²) < 4.78 is 9.96. The summed E-state index contributed by atoms with van der Waals surface area (Å²) in [5.41, 5.74) is 0. The van der Waals surface area contributed by atoms with Crippen molar-refractivity contribution in [2.24, 2.45) is 11.8 Å². The molecule has 6 nitrogen and oxygen atoms in total. The second kappa shape index (κ2) is 7.84. The molecule has 3 atom stereocenters. The number of allylic oxidation sites excluding steroid dienone is 1. The van der Waals surface area contributed by atoms with E-state index in [1.807, 2.05) is 6.08 Å². The smallest absolute Gasteiger partial charge is 0.405 e. The molecular weight excluding hydrogens is 238 g/mol. The van der Waals surface area contributed by atoms with E-state index in [-0.39, 0.29) is 18.6 Å². The number of carbonyl (C=O) groups is 2. The third kappa shape index (κ3) is 4.46. The van der Waals surface area contributed by atoms with Gasteiger partial charge >= 0.3 is 6.09 Å². The van der Waals surface area contributed by atoms with Crippen LogP contribution in [0.3, 0.4) is 0 Å². The van der Waals surface area contributed by atoms with Crippen LogP contribution in [0, 0.1) is 11.8 Å². The minimum absolute atomic E-state index is 0.0983. The average molecular weight is 257 g/mol. The van der Waals surface area contributed by atoms with Crippen LogP contribution in [0.1, 0.15) is 12.8 Å². The number of carboxylic acid groups (broad SMARTS) is 1. The summed E-state index contributed by atoms with van der Waals surface area (Å²) >= 11 is 0. The Morgan fingerprint density at radius 3 is 3.00 bits per heavy atom. The first-order chi connectivity index (χ1) is 8.69. The van der Waals surface area contributed by atoms with Crippen molar-refractivity contribution in [2.75, 3.05) is 20.5 Å². The van der Waals surface area contributed by atoms with Crippen LogP contribution in [0.25, 0.3) is 0 Å². The number of hydrogen-bond donors (Lipinski definition) is 2. The number of aldehydes is 1. The Morgan fingerprint density at radius 2 is 2.39 bits per heavy atom. The van der Waals surface area contributed by atoms with Crippen LogP contribution in [-0.2, 0) is 14.3 Å². The van der Waals surface area contributed by atoms with Gasteiger partial charge in [-0.3, -0.25) is 0 Å². The molecule has 0 saturated carbocycles. The summed E-state index contributed by atoms with van der Waals surface area (Å²) in [4.78, 5) is 21.8. The quantitative estimate of drug-likeness (QED) is 0.308. The molecule has 1 rings (SSSR count). The van der Waals surface area contributed by atoms with E-state index in [4.69, 9.17) is 14.6 Å². The Hall–Kier alpha value is -1.40. The van der Waals surface area contributed by atoms with Gasteiger partial charge in [-0.1, -0.05) is 12.2 Å². The minimum atomic E-state index is -1.12. The molecule has 0 aliphatic heterocycles. The van der Waals surface area contributed by atoms with Gasteiger partial charge in [-0.25, -0.2) is 4.79 Å². The average Bonchev–Trinajstić information content (AvgIpc) is 2.34. The third-order valence-electron chi connectivity index (χ3n) is 3.02. The van der Waals surface area contributed by atoms with Crippen molar-refractivity contribution in [1.29, 1.82) is 0 Å². The first kappa shape index (κ1) is 14.7. The SMILES string of the molecule is COCOCCC1CC=CC(NC(=O)O)C1C=O. The second-order valence-electron chi connectivity index (χ2n) is 4.22. The van der Waals surface area contributed by atoms with Crippen molar-refractivity contribution < 1.29 is 24.2 Å². The molecule has 0 radical (unpaired) electrons. The van der Waals surface area contributed by atoms with Gasteiger partial charge in [0.2, 0.25) is 0 Å². The van der Waals surface area contributed by atoms with Gasteiger partial charge in [0.25, 0.3) is 0 Å². The van der Waals surface area contributed by atoms with E-state index >= 15 is 0 Å². The summed E-state index contributed by atoms with van der Waals surface area (Å²) in [7, 11) is 1.55. The van der Waals surface area contributed by atoms with E-state index in [1.165, 1.54) is 0 Å². The van der Waals surface area contributed by atoms with Gasteiger partial charge in [-0.2, -0.15) is 0 Å². The number of hydrogen-bond acceptors (Lipinski definition) is 4. The Balaban J connectivity index is 2.49. The fourth-order valence-electron chi connectivity index (χ4n) is 2.15. The van der Waals surface area contributed by atoms with Crippen molar-refractivity contribution in [3.63, 3.8) is 0 Å². The molecule has 102 valence electrons. The van der Waals surface area contributed by atoms with Gasteiger partial charge in [0.15, 0.2) is 0 Å². The number of methoxy groups -OCH3 is 1. The molecule has 0 aromatic heterocycles. The van der Waals surface area contributed by atoms with Gasteiger partial charge in [0, 0.05) is 19.6 Å². The van der Waals surface area contributed by atoms with E-state index in [0.29, 0.717) is 13.0 Å². The maximum Gasteiger partial charge on any atom is 0.405 e. The highest BCUT2D eigenvalue weighted by molar-refractivity contribution is 5.67. The molecule has 1 amide bonds. The standard InChI is InChI=1S/C12H19NO5/c1-17-8-18-6-5-9-3-2-4-11(10(9)7-14)13-12(15)16/h2,4,7,9-11,13H,3,5-6,8H2,1H3,(H,15,16). The number of ether oxygens (including phenoxy) is 2. The van der Waals surface area contributed by atoms with Crippen LogP contribution in [0.5, 0.6) is 0 Å². The zero-order chi connectivity index (χ0) is 13.4. The van der Waals surface area contributed by atoms with Gasteiger partial charge in [-0.05, 0) is 18.8 Å². The monoisotopic (exact) mass is 257 g/mol. The summed E-state index contributed by atoms with van der Waals surface area (Å²) in [6.45, 7) is 0.724. The van der Waals surface area contributed by atoms with Crippen LogP contribution >= 0.6 is 0 Å². The zero-order valence-electron chi connectivity index (χ0n) is 10.4. The van der Waals surface area contributed by atoms with Crippen molar-refractivity contribution in [3.05, 3.63) is 12.2 Å². The predicted octanol–water partition coefficient (Wildman–Crippen LogP) is 1.02. The van der Waals surface area contributed by atoms with Crippen LogP contribution < -0.4 is 5.32 Å². The lowest BCUT2D eigenvalue weighted by atomic mass is 9.79. The molecule has 0 aromatic rings. The van der Waals surface area contributed by atoms with Gasteiger partial charge in [0.1, 0.15) is 13.1 Å². The molecule has 0 saturated heterocycles. The molecule has 1 aliphatic rings. The molecule has 0 heterocycles. The predicted molar refractivity (Wildman–Crippen MR) is 64.2 cm³/mol. The highest BCUT2D eigenvalue weighted by Gasteiger charge is 2.30. The summed E-state index contributed by atoms with van der Waals surface area (Å²) in [6.07, 6.45) is 4.81. The minimum Gasteiger partial charge on any atom is -0.465 e. The van der Waals surface area contributed by atoms with Gasteiger partial charge < -0.3 is 24.7 Å². The lowest BCUT2D eigenvalue weighted by molar-refractivity contribution is -0.113. The Morgan fingerprint density at radius 1 is 1.61 bits per heavy atom. The fraction of sp³-hybridized carbons (Fsp3) is 0.667. The van der Waals surface area contributed by atoms with Crippen molar-refractivity contribution >= 4 is 12.4 Å². The molecule has 0 spiro atoms. The molecule has 0 aromatic carbocycles. The first-order valence-electron chi connectivity index (χ1n) is 5.87. The van der Waals surface area contributed by atoms with Crippen LogP contribution in [0.2, 0.25) is 0 Å². The molecule has 1 aliphatic carbocycles. The molecule has 6 heteroatoms. The third-order valence-corrected chi connectivity index (χ3v) is 3.02. The molecule has 2 N–H and O–H groups in total. The van der Waals surface area contributed by atoms with Crippen molar-refractivity contribution in [1.82, 2.24) is 5.32 Å². The zero-order valence-corrected chi connectivity index (χ0v) is 10.4. The van der Waals surface area contributed by atoms with E-state index in [1.54, 1.807) is 13.2 Å². The van der Waals surface area contributed by atoms with Crippen molar-refractivity contribution in [3.8, 4) is 0 Å². The Labute approximate surface area is 106 Å². The largest absolute Gasteiger partial charge is 0.465 e. The van der Waals surface area contributed by atoms with Crippen LogP contribution in [-0.4, -0.2) is 44.0 Å². The van der Waals surface area contributed by atoms with Crippen molar-refractivity contribution in [2.45, 2.75) is 18.9 Å². The van der Waals surface area contributed by atoms with Gasteiger partial charge in [0.05, 0.1) is 6.04 Å². The number of carbonyl (C=O) groups excluding carboxylic acids is 1. The molecule has 0 bridgehead atoms. The molecule has 0 fully saturated rings. The highest BCUT2D eigenvalue weighted by atomic mass is 16.7. The van der Waals surface area contributed by atoms with E-state index in [0.717, 1.165) is 12.7 Å². The Kier molecular flexibility index (Phi) is 6.38.